The minimum absolute atomic E-state index is 0.102. The highest BCUT2D eigenvalue weighted by atomic mass is 19.1. The van der Waals surface area contributed by atoms with Gasteiger partial charge in [0.2, 0.25) is 5.82 Å². The highest BCUT2D eigenvalue weighted by molar-refractivity contribution is 5.88. The molecule has 22 heavy (non-hydrogen) atoms. The molecule has 3 rings (SSSR count). The summed E-state index contributed by atoms with van der Waals surface area (Å²) < 4.78 is 14.0. The number of rotatable bonds is 4. The SMILES string of the molecule is NC(=O)c1n[nH]c(Cc2cc(-c3ccccc3)ccc2F)n1. The van der Waals surface area contributed by atoms with Crippen LogP contribution in [0.5, 0.6) is 0 Å². The summed E-state index contributed by atoms with van der Waals surface area (Å²) >= 11 is 0. The number of nitrogens with two attached hydrogens (primary N) is 1. The van der Waals surface area contributed by atoms with E-state index in [0.717, 1.165) is 11.1 Å². The first kappa shape index (κ1) is 13.9. The second kappa shape index (κ2) is 5.77. The van der Waals surface area contributed by atoms with Crippen LogP contribution < -0.4 is 5.73 Å². The number of aromatic amines is 1. The lowest BCUT2D eigenvalue weighted by Gasteiger charge is -2.06. The standard InChI is InChI=1S/C16H13FN4O/c17-13-7-6-11(10-4-2-1-3-5-10)8-12(13)9-14-19-16(15(18)22)21-20-14/h1-8H,9H2,(H2,18,22)(H,19,20,21). The van der Waals surface area contributed by atoms with Crippen molar-refractivity contribution in [3.05, 3.63) is 71.6 Å². The van der Waals surface area contributed by atoms with Crippen molar-refractivity contribution in [2.45, 2.75) is 6.42 Å². The van der Waals surface area contributed by atoms with Gasteiger partial charge in [-0.3, -0.25) is 9.89 Å². The lowest BCUT2D eigenvalue weighted by Crippen LogP contribution is -2.12. The number of halogens is 1. The molecule has 0 bridgehead atoms. The number of nitrogens with zero attached hydrogens (tertiary/aromatic N) is 2. The Kier molecular flexibility index (Phi) is 3.65. The van der Waals surface area contributed by atoms with Gasteiger partial charge in [0.15, 0.2) is 0 Å². The van der Waals surface area contributed by atoms with E-state index in [1.165, 1.54) is 6.07 Å². The van der Waals surface area contributed by atoms with Crippen LogP contribution in [0.15, 0.2) is 48.5 Å². The Bertz CT molecular complexity index is 814. The molecule has 1 amide bonds. The Labute approximate surface area is 126 Å². The van der Waals surface area contributed by atoms with Gasteiger partial charge in [-0.05, 0) is 28.8 Å². The second-order valence-corrected chi connectivity index (χ2v) is 4.82. The maximum absolute atomic E-state index is 14.0. The van der Waals surface area contributed by atoms with Gasteiger partial charge in [0.05, 0.1) is 0 Å². The van der Waals surface area contributed by atoms with Gasteiger partial charge < -0.3 is 5.73 Å². The van der Waals surface area contributed by atoms with Crippen LogP contribution in [0.4, 0.5) is 4.39 Å². The fraction of sp³-hybridized carbons (Fsp3) is 0.0625. The van der Waals surface area contributed by atoms with Gasteiger partial charge in [0.25, 0.3) is 5.91 Å². The van der Waals surface area contributed by atoms with Crippen LogP contribution in [0.25, 0.3) is 11.1 Å². The lowest BCUT2D eigenvalue weighted by molar-refractivity contribution is 0.0991. The van der Waals surface area contributed by atoms with E-state index in [1.54, 1.807) is 12.1 Å². The first-order valence-electron chi connectivity index (χ1n) is 6.68. The topological polar surface area (TPSA) is 84.7 Å². The molecule has 0 aliphatic rings. The summed E-state index contributed by atoms with van der Waals surface area (Å²) in [5.74, 6) is -0.773. The highest BCUT2D eigenvalue weighted by Crippen LogP contribution is 2.23. The van der Waals surface area contributed by atoms with Gasteiger partial charge in [0, 0.05) is 6.42 Å². The molecule has 0 saturated heterocycles. The predicted molar refractivity (Wildman–Crippen MR) is 79.5 cm³/mol. The van der Waals surface area contributed by atoms with Gasteiger partial charge in [-0.1, -0.05) is 36.4 Å². The van der Waals surface area contributed by atoms with E-state index in [4.69, 9.17) is 5.73 Å². The third-order valence-electron chi connectivity index (χ3n) is 3.26. The number of hydrogen-bond donors (Lipinski definition) is 2. The van der Waals surface area contributed by atoms with Crippen molar-refractivity contribution in [1.29, 1.82) is 0 Å². The van der Waals surface area contributed by atoms with Crippen LogP contribution in [0.1, 0.15) is 22.0 Å². The minimum Gasteiger partial charge on any atom is -0.363 e. The average molecular weight is 296 g/mol. The zero-order valence-corrected chi connectivity index (χ0v) is 11.6. The molecule has 0 fully saturated rings. The van der Waals surface area contributed by atoms with E-state index < -0.39 is 5.91 Å². The summed E-state index contributed by atoms with van der Waals surface area (Å²) in [5.41, 5.74) is 7.47. The van der Waals surface area contributed by atoms with Crippen molar-refractivity contribution in [2.24, 2.45) is 5.73 Å². The summed E-state index contributed by atoms with van der Waals surface area (Å²) in [6.45, 7) is 0. The van der Waals surface area contributed by atoms with E-state index >= 15 is 0 Å². The van der Waals surface area contributed by atoms with Crippen LogP contribution in [0.2, 0.25) is 0 Å². The molecule has 5 nitrogen and oxygen atoms in total. The molecule has 0 unspecified atom stereocenters. The number of hydrogen-bond acceptors (Lipinski definition) is 3. The number of carbonyl (C=O) groups is 1. The molecular weight excluding hydrogens is 283 g/mol. The Morgan fingerprint density at radius 2 is 1.91 bits per heavy atom. The molecule has 3 aromatic rings. The van der Waals surface area contributed by atoms with E-state index in [1.807, 2.05) is 30.3 Å². The summed E-state index contributed by atoms with van der Waals surface area (Å²) in [7, 11) is 0. The van der Waals surface area contributed by atoms with Crippen LogP contribution in [0, 0.1) is 5.82 Å². The number of nitrogens with one attached hydrogen (secondary N) is 1. The molecule has 0 aliphatic heterocycles. The molecular formula is C16H13FN4O. The van der Waals surface area contributed by atoms with Crippen molar-refractivity contribution in [3.63, 3.8) is 0 Å². The van der Waals surface area contributed by atoms with Gasteiger partial charge >= 0.3 is 0 Å². The minimum atomic E-state index is -0.721. The molecule has 0 spiro atoms. The monoisotopic (exact) mass is 296 g/mol. The van der Waals surface area contributed by atoms with Crippen molar-refractivity contribution in [3.8, 4) is 11.1 Å². The van der Waals surface area contributed by atoms with Gasteiger partial charge in [-0.15, -0.1) is 5.10 Å². The summed E-state index contributed by atoms with van der Waals surface area (Å²) in [5, 5.41) is 6.28. The Balaban J connectivity index is 1.91. The van der Waals surface area contributed by atoms with Crippen molar-refractivity contribution < 1.29 is 9.18 Å². The maximum atomic E-state index is 14.0. The number of amides is 1. The van der Waals surface area contributed by atoms with Crippen molar-refractivity contribution in [2.75, 3.05) is 0 Å². The van der Waals surface area contributed by atoms with E-state index in [0.29, 0.717) is 11.4 Å². The predicted octanol–water partition coefficient (Wildman–Crippen LogP) is 2.30. The first-order chi connectivity index (χ1) is 10.6. The van der Waals surface area contributed by atoms with Gasteiger partial charge in [-0.2, -0.15) is 0 Å². The zero-order chi connectivity index (χ0) is 15.5. The van der Waals surface area contributed by atoms with E-state index in [-0.39, 0.29) is 18.1 Å². The Morgan fingerprint density at radius 3 is 2.59 bits per heavy atom. The normalized spacial score (nSPS) is 10.6. The summed E-state index contributed by atoms with van der Waals surface area (Å²) in [6.07, 6.45) is 0.201. The Hall–Kier alpha value is -3.02. The molecule has 3 N–H and O–H groups in total. The van der Waals surface area contributed by atoms with Crippen molar-refractivity contribution in [1.82, 2.24) is 15.2 Å². The average Bonchev–Trinajstić information content (AvgIpc) is 2.99. The molecule has 1 aromatic heterocycles. The van der Waals surface area contributed by atoms with Crippen molar-refractivity contribution >= 4 is 5.91 Å². The lowest BCUT2D eigenvalue weighted by atomic mass is 10.0. The molecule has 1 heterocycles. The molecule has 110 valence electrons. The number of benzene rings is 2. The smallest absolute Gasteiger partial charge is 0.288 e. The summed E-state index contributed by atoms with van der Waals surface area (Å²) in [6, 6.07) is 14.6. The molecule has 0 radical (unpaired) electrons. The fourth-order valence-corrected chi connectivity index (χ4v) is 2.19. The largest absolute Gasteiger partial charge is 0.363 e. The van der Waals surface area contributed by atoms with Crippen LogP contribution in [-0.2, 0) is 6.42 Å². The number of aromatic nitrogens is 3. The van der Waals surface area contributed by atoms with Crippen LogP contribution in [-0.4, -0.2) is 21.1 Å². The third-order valence-corrected chi connectivity index (χ3v) is 3.26. The number of primary amides is 1. The van der Waals surface area contributed by atoms with E-state index in [9.17, 15) is 9.18 Å². The highest BCUT2D eigenvalue weighted by Gasteiger charge is 2.11. The van der Waals surface area contributed by atoms with Crippen LogP contribution in [0.3, 0.4) is 0 Å². The maximum Gasteiger partial charge on any atom is 0.288 e. The zero-order valence-electron chi connectivity index (χ0n) is 11.6. The first-order valence-corrected chi connectivity index (χ1v) is 6.68. The molecule has 0 atom stereocenters. The molecule has 6 heteroatoms. The molecule has 0 saturated carbocycles. The number of carbonyl (C=O) groups excluding carboxylic acids is 1. The summed E-state index contributed by atoms with van der Waals surface area (Å²) in [4.78, 5) is 14.9. The molecule has 0 aliphatic carbocycles. The van der Waals surface area contributed by atoms with Crippen LogP contribution >= 0.6 is 0 Å². The molecule has 2 aromatic carbocycles. The van der Waals surface area contributed by atoms with E-state index in [2.05, 4.69) is 15.2 Å². The Morgan fingerprint density at radius 1 is 1.14 bits per heavy atom. The number of H-pyrrole nitrogens is 1. The van der Waals surface area contributed by atoms with Gasteiger partial charge in [0.1, 0.15) is 11.6 Å². The fourth-order valence-electron chi connectivity index (χ4n) is 2.19. The quantitative estimate of drug-likeness (QED) is 0.774. The second-order valence-electron chi connectivity index (χ2n) is 4.82. The third kappa shape index (κ3) is 2.85. The van der Waals surface area contributed by atoms with Gasteiger partial charge in [-0.25, -0.2) is 9.37 Å².